The number of hydrogen-bond acceptors (Lipinski definition) is 3. The van der Waals surface area contributed by atoms with Gasteiger partial charge in [-0.25, -0.2) is 0 Å². The van der Waals surface area contributed by atoms with Gasteiger partial charge in [0.05, 0.1) is 5.56 Å². The summed E-state index contributed by atoms with van der Waals surface area (Å²) in [6, 6.07) is 3.03. The number of benzene rings is 1. The molecular formula is C11H16O3. The number of aromatic hydroxyl groups is 1. The van der Waals surface area contributed by atoms with E-state index in [2.05, 4.69) is 0 Å². The third-order valence-corrected chi connectivity index (χ3v) is 1.92. The number of carbonyl (C=O) groups is 1. The van der Waals surface area contributed by atoms with E-state index >= 15 is 0 Å². The van der Waals surface area contributed by atoms with Crippen molar-refractivity contribution < 1.29 is 16.1 Å². The number of phenolic OH excluding ortho intramolecular Hbond substituents is 1. The zero-order valence-corrected chi connectivity index (χ0v) is 8.63. The maximum absolute atomic E-state index is 11.2. The third kappa shape index (κ3) is 1.71. The van der Waals surface area contributed by atoms with E-state index in [0.29, 0.717) is 11.3 Å². The summed E-state index contributed by atoms with van der Waals surface area (Å²) in [6.45, 7) is 5.88. The number of phenols is 1. The maximum atomic E-state index is 11.2. The number of ketones is 1. The molecule has 14 heavy (non-hydrogen) atoms. The van der Waals surface area contributed by atoms with Crippen LogP contribution in [-0.4, -0.2) is 17.5 Å². The van der Waals surface area contributed by atoms with Gasteiger partial charge in [-0.05, 0) is 18.6 Å². The van der Waals surface area contributed by atoms with Gasteiger partial charge < -0.3 is 9.84 Å². The van der Waals surface area contributed by atoms with E-state index in [1.807, 2.05) is 13.8 Å². The van der Waals surface area contributed by atoms with Gasteiger partial charge >= 0.3 is 0 Å². The molecule has 0 unspecified atom stereocenters. The van der Waals surface area contributed by atoms with E-state index in [-0.39, 0.29) is 19.6 Å². The van der Waals surface area contributed by atoms with Crippen LogP contribution in [0.25, 0.3) is 0 Å². The monoisotopic (exact) mass is 196 g/mol. The highest BCUT2D eigenvalue weighted by Crippen LogP contribution is 2.31. The average Bonchev–Trinajstić information content (AvgIpc) is 2.51. The summed E-state index contributed by atoms with van der Waals surface area (Å²) >= 11 is 0. The van der Waals surface area contributed by atoms with Gasteiger partial charge in [0.25, 0.3) is 0 Å². The average molecular weight is 196 g/mol. The first-order chi connectivity index (χ1) is 6.68. The molecule has 0 atom stereocenters. The van der Waals surface area contributed by atoms with E-state index in [4.69, 9.17) is 4.74 Å². The molecule has 0 saturated heterocycles. The predicted molar refractivity (Wildman–Crippen MR) is 56.1 cm³/mol. The van der Waals surface area contributed by atoms with Crippen molar-refractivity contribution in [2.24, 2.45) is 0 Å². The van der Waals surface area contributed by atoms with Crippen molar-refractivity contribution in [3.05, 3.63) is 23.3 Å². The fourth-order valence-electron chi connectivity index (χ4n) is 1.42. The Labute approximate surface area is 84.8 Å². The second-order valence-corrected chi connectivity index (χ2v) is 2.85. The zero-order chi connectivity index (χ0) is 10.7. The van der Waals surface area contributed by atoms with Gasteiger partial charge in [-0.3, -0.25) is 4.79 Å². The van der Waals surface area contributed by atoms with Gasteiger partial charge in [-0.1, -0.05) is 13.8 Å². The van der Waals surface area contributed by atoms with Crippen LogP contribution in [0.4, 0.5) is 0 Å². The first-order valence-electron chi connectivity index (χ1n) is 4.68. The summed E-state index contributed by atoms with van der Waals surface area (Å²) in [5.74, 6) is 0.626. The first kappa shape index (κ1) is 10.6. The van der Waals surface area contributed by atoms with Crippen LogP contribution in [0.15, 0.2) is 12.1 Å². The number of rotatable bonds is 0. The molecule has 0 bridgehead atoms. The topological polar surface area (TPSA) is 46.5 Å². The lowest BCUT2D eigenvalue weighted by Gasteiger charge is -2.01. The Morgan fingerprint density at radius 1 is 1.43 bits per heavy atom. The highest BCUT2D eigenvalue weighted by Gasteiger charge is 2.23. The van der Waals surface area contributed by atoms with Crippen molar-refractivity contribution >= 4 is 5.78 Å². The number of aryl methyl sites for hydroxylation is 1. The molecule has 1 aromatic carbocycles. The largest absolute Gasteiger partial charge is 0.508 e. The van der Waals surface area contributed by atoms with Crippen LogP contribution in [0.5, 0.6) is 11.5 Å². The van der Waals surface area contributed by atoms with Crippen LogP contribution >= 0.6 is 0 Å². The van der Waals surface area contributed by atoms with Crippen LogP contribution in [0.3, 0.4) is 0 Å². The van der Waals surface area contributed by atoms with Crippen molar-refractivity contribution in [3.63, 3.8) is 0 Å². The molecule has 0 radical (unpaired) electrons. The highest BCUT2D eigenvalue weighted by atomic mass is 16.5. The van der Waals surface area contributed by atoms with E-state index in [0.717, 1.165) is 5.56 Å². The number of hydrogen-bond donors (Lipinski definition) is 1. The van der Waals surface area contributed by atoms with Crippen molar-refractivity contribution in [2.45, 2.75) is 20.8 Å². The summed E-state index contributed by atoms with van der Waals surface area (Å²) in [5, 5.41) is 9.17. The fraction of sp³-hybridized carbons (Fsp3) is 0.364. The molecule has 0 saturated carbocycles. The summed E-state index contributed by atoms with van der Waals surface area (Å²) in [6.07, 6.45) is 0. The maximum Gasteiger partial charge on any atom is 0.204 e. The molecule has 3 nitrogen and oxygen atoms in total. The van der Waals surface area contributed by atoms with Crippen LogP contribution in [0.2, 0.25) is 0 Å². The van der Waals surface area contributed by atoms with Crippen LogP contribution < -0.4 is 4.74 Å². The molecule has 1 N–H and O–H groups in total. The van der Waals surface area contributed by atoms with Crippen molar-refractivity contribution in [1.82, 2.24) is 0 Å². The molecule has 1 aliphatic heterocycles. The molecule has 3 heteroatoms. The molecule has 0 spiro atoms. The Kier molecular flexibility index (Phi) is 3.12. The highest BCUT2D eigenvalue weighted by molar-refractivity contribution is 6.03. The lowest BCUT2D eigenvalue weighted by atomic mass is 10.1. The molecule has 1 heterocycles. The second kappa shape index (κ2) is 4.13. The zero-order valence-electron chi connectivity index (χ0n) is 8.63. The summed E-state index contributed by atoms with van der Waals surface area (Å²) in [7, 11) is 0. The summed E-state index contributed by atoms with van der Waals surface area (Å²) in [5.41, 5.74) is 1.38. The minimum absolute atomic E-state index is 0. The van der Waals surface area contributed by atoms with E-state index in [1.54, 1.807) is 13.0 Å². The Hall–Kier alpha value is -1.51. The molecule has 0 aliphatic carbocycles. The molecule has 2 rings (SSSR count). The van der Waals surface area contributed by atoms with Gasteiger partial charge in [0.1, 0.15) is 11.5 Å². The quantitative estimate of drug-likeness (QED) is 0.693. The lowest BCUT2D eigenvalue weighted by Crippen LogP contribution is -2.00. The first-order valence-corrected chi connectivity index (χ1v) is 4.68. The molecule has 78 valence electrons. The van der Waals surface area contributed by atoms with Gasteiger partial charge in [-0.2, -0.15) is 0 Å². The smallest absolute Gasteiger partial charge is 0.204 e. The molecular weight excluding hydrogens is 180 g/mol. The Balaban J connectivity index is 0.000000617. The SMILES string of the molecule is CC.Cc1cc(O)cc2c1C(=O)CO2.[HH]. The van der Waals surface area contributed by atoms with Gasteiger partial charge in [-0.15, -0.1) is 0 Å². The summed E-state index contributed by atoms with van der Waals surface area (Å²) < 4.78 is 5.06. The molecule has 0 amide bonds. The Morgan fingerprint density at radius 2 is 2.07 bits per heavy atom. The fourth-order valence-corrected chi connectivity index (χ4v) is 1.42. The normalized spacial score (nSPS) is 12.6. The Morgan fingerprint density at radius 3 is 2.71 bits per heavy atom. The predicted octanol–water partition coefficient (Wildman–Crippen LogP) is 2.55. The van der Waals surface area contributed by atoms with Crippen molar-refractivity contribution in [1.29, 1.82) is 0 Å². The number of ether oxygens (including phenoxy) is 1. The second-order valence-electron chi connectivity index (χ2n) is 2.85. The van der Waals surface area contributed by atoms with Crippen molar-refractivity contribution in [2.75, 3.05) is 6.61 Å². The molecule has 1 aromatic rings. The molecule has 1 aliphatic rings. The minimum Gasteiger partial charge on any atom is -0.508 e. The summed E-state index contributed by atoms with van der Waals surface area (Å²) in [4.78, 5) is 11.2. The van der Waals surface area contributed by atoms with E-state index < -0.39 is 0 Å². The van der Waals surface area contributed by atoms with Gasteiger partial charge in [0.2, 0.25) is 5.78 Å². The van der Waals surface area contributed by atoms with Crippen LogP contribution in [0, 0.1) is 6.92 Å². The minimum atomic E-state index is -0.0116. The number of fused-ring (bicyclic) bond motifs is 1. The van der Waals surface area contributed by atoms with Gasteiger partial charge in [0, 0.05) is 7.49 Å². The lowest BCUT2D eigenvalue weighted by molar-refractivity contribution is 0.0960. The van der Waals surface area contributed by atoms with Crippen LogP contribution in [0.1, 0.15) is 31.2 Å². The Bertz CT molecular complexity index is 361. The number of carbonyl (C=O) groups excluding carboxylic acids is 1. The third-order valence-electron chi connectivity index (χ3n) is 1.92. The van der Waals surface area contributed by atoms with E-state index in [1.165, 1.54) is 6.07 Å². The molecule has 0 aromatic heterocycles. The van der Waals surface area contributed by atoms with Gasteiger partial charge in [0.15, 0.2) is 6.61 Å². The standard InChI is InChI=1S/C9H8O3.C2H6.H2/c1-5-2-6(10)3-8-9(5)7(11)4-12-8;1-2;/h2-3,10H,4H2,1H3;1-2H3;1H. The van der Waals surface area contributed by atoms with E-state index in [9.17, 15) is 9.90 Å². The van der Waals surface area contributed by atoms with Crippen LogP contribution in [-0.2, 0) is 0 Å². The molecule has 0 fully saturated rings. The number of Topliss-reactive ketones (excluding diaryl/α,β-unsaturated/α-hetero) is 1. The van der Waals surface area contributed by atoms with Crippen molar-refractivity contribution in [3.8, 4) is 11.5 Å².